The molecule has 7 heteroatoms. The molecule has 1 aliphatic heterocycles. The van der Waals surface area contributed by atoms with Crippen LogP contribution in [-0.4, -0.2) is 43.6 Å². The number of sulfonamides is 1. The summed E-state index contributed by atoms with van der Waals surface area (Å²) >= 11 is 0. The molecule has 2 rings (SSSR count). The van der Waals surface area contributed by atoms with E-state index in [-0.39, 0.29) is 0 Å². The van der Waals surface area contributed by atoms with E-state index < -0.39 is 10.0 Å². The van der Waals surface area contributed by atoms with Crippen LogP contribution in [0.1, 0.15) is 12.6 Å². The maximum Gasteiger partial charge on any atom is 0.244 e. The van der Waals surface area contributed by atoms with Crippen molar-refractivity contribution in [1.29, 1.82) is 0 Å². The zero-order chi connectivity index (χ0) is 13.2. The second-order valence-corrected chi connectivity index (χ2v) is 6.11. The molecule has 0 aliphatic carbocycles. The number of morpholine rings is 1. The summed E-state index contributed by atoms with van der Waals surface area (Å²) in [5, 5.41) is 0. The summed E-state index contributed by atoms with van der Waals surface area (Å²) in [6, 6.07) is 1.66. The lowest BCUT2D eigenvalue weighted by molar-refractivity contribution is 0.0730. The minimum atomic E-state index is -3.41. The molecule has 0 saturated carbocycles. The Labute approximate surface area is 107 Å². The van der Waals surface area contributed by atoms with Crippen molar-refractivity contribution >= 4 is 10.0 Å². The maximum atomic E-state index is 12.4. The first-order valence-corrected chi connectivity index (χ1v) is 7.50. The molecule has 1 aliphatic rings. The van der Waals surface area contributed by atoms with E-state index in [1.54, 1.807) is 12.3 Å². The van der Waals surface area contributed by atoms with Crippen molar-refractivity contribution < 1.29 is 13.2 Å². The fourth-order valence-electron chi connectivity index (χ4n) is 2.07. The van der Waals surface area contributed by atoms with Gasteiger partial charge in [-0.05, 0) is 13.0 Å². The number of aryl methyl sites for hydroxylation is 1. The van der Waals surface area contributed by atoms with Gasteiger partial charge in [-0.1, -0.05) is 0 Å². The summed E-state index contributed by atoms with van der Waals surface area (Å²) in [4.78, 5) is 0.326. The van der Waals surface area contributed by atoms with Crippen LogP contribution in [0.25, 0.3) is 0 Å². The Morgan fingerprint density at radius 2 is 2.06 bits per heavy atom. The first-order valence-electron chi connectivity index (χ1n) is 6.06. The number of rotatable bonds is 4. The summed E-state index contributed by atoms with van der Waals surface area (Å²) in [5.41, 5.74) is 6.45. The Morgan fingerprint density at radius 3 is 2.56 bits per heavy atom. The topological polar surface area (TPSA) is 77.6 Å². The van der Waals surface area contributed by atoms with Crippen molar-refractivity contribution in [2.24, 2.45) is 5.73 Å². The van der Waals surface area contributed by atoms with Gasteiger partial charge in [-0.25, -0.2) is 8.42 Å². The van der Waals surface area contributed by atoms with Crippen LogP contribution >= 0.6 is 0 Å². The Bertz CT molecular complexity index is 482. The molecule has 18 heavy (non-hydrogen) atoms. The zero-order valence-corrected chi connectivity index (χ0v) is 11.3. The minimum absolute atomic E-state index is 0.326. The predicted octanol–water partition coefficient (Wildman–Crippen LogP) is -0.0124. The van der Waals surface area contributed by atoms with Crippen molar-refractivity contribution in [2.45, 2.75) is 24.9 Å². The van der Waals surface area contributed by atoms with Crippen LogP contribution in [0.4, 0.5) is 0 Å². The number of nitrogens with zero attached hydrogens (tertiary/aromatic N) is 2. The molecule has 0 amide bonds. The van der Waals surface area contributed by atoms with Gasteiger partial charge in [0.1, 0.15) is 4.90 Å². The summed E-state index contributed by atoms with van der Waals surface area (Å²) in [6.45, 7) is 4.76. The number of hydrogen-bond acceptors (Lipinski definition) is 4. The summed E-state index contributed by atoms with van der Waals surface area (Å²) in [6.07, 6.45) is 1.66. The van der Waals surface area contributed by atoms with Crippen LogP contribution in [0.3, 0.4) is 0 Å². The third kappa shape index (κ3) is 2.44. The van der Waals surface area contributed by atoms with Crippen LogP contribution in [-0.2, 0) is 27.8 Å². The van der Waals surface area contributed by atoms with Crippen LogP contribution in [0, 0.1) is 0 Å². The molecular formula is C11H19N3O3S. The van der Waals surface area contributed by atoms with E-state index in [0.717, 1.165) is 5.69 Å². The van der Waals surface area contributed by atoms with Crippen molar-refractivity contribution in [1.82, 2.24) is 8.87 Å². The molecule has 2 N–H and O–H groups in total. The molecule has 1 aromatic heterocycles. The van der Waals surface area contributed by atoms with Gasteiger partial charge >= 0.3 is 0 Å². The molecule has 2 heterocycles. The fourth-order valence-corrected chi connectivity index (χ4v) is 3.54. The molecule has 1 saturated heterocycles. The second-order valence-electron chi connectivity index (χ2n) is 4.17. The lowest BCUT2D eigenvalue weighted by Crippen LogP contribution is -2.40. The predicted molar refractivity (Wildman–Crippen MR) is 67.6 cm³/mol. The third-order valence-corrected chi connectivity index (χ3v) is 4.98. The van der Waals surface area contributed by atoms with E-state index in [1.807, 2.05) is 11.5 Å². The summed E-state index contributed by atoms with van der Waals surface area (Å²) in [5.74, 6) is 0. The van der Waals surface area contributed by atoms with Gasteiger partial charge in [0, 0.05) is 38.1 Å². The second kappa shape index (κ2) is 5.40. The largest absolute Gasteiger partial charge is 0.379 e. The smallest absolute Gasteiger partial charge is 0.244 e. The molecular weight excluding hydrogens is 254 g/mol. The van der Waals surface area contributed by atoms with E-state index in [9.17, 15) is 8.42 Å². The van der Waals surface area contributed by atoms with E-state index in [4.69, 9.17) is 10.5 Å². The normalized spacial score (nSPS) is 18.1. The van der Waals surface area contributed by atoms with Gasteiger partial charge in [0.2, 0.25) is 10.0 Å². The van der Waals surface area contributed by atoms with Crippen LogP contribution in [0.5, 0.6) is 0 Å². The highest BCUT2D eigenvalue weighted by molar-refractivity contribution is 7.89. The first-order chi connectivity index (χ1) is 8.59. The monoisotopic (exact) mass is 273 g/mol. The third-order valence-electron chi connectivity index (χ3n) is 3.12. The highest BCUT2D eigenvalue weighted by Gasteiger charge is 2.27. The van der Waals surface area contributed by atoms with Crippen LogP contribution in [0.2, 0.25) is 0 Å². The SMILES string of the molecule is CCn1cc(S(=O)(=O)N2CCOCC2)cc1CN. The summed E-state index contributed by atoms with van der Waals surface area (Å²) in [7, 11) is -3.41. The lowest BCUT2D eigenvalue weighted by atomic mass is 10.4. The van der Waals surface area contributed by atoms with Crippen molar-refractivity contribution in [3.63, 3.8) is 0 Å². The molecule has 6 nitrogen and oxygen atoms in total. The van der Waals surface area contributed by atoms with Crippen LogP contribution < -0.4 is 5.73 Å². The lowest BCUT2D eigenvalue weighted by Gasteiger charge is -2.25. The van der Waals surface area contributed by atoms with Gasteiger partial charge in [-0.2, -0.15) is 4.31 Å². The Balaban J connectivity index is 2.31. The standard InChI is InChI=1S/C11H19N3O3S/c1-2-13-9-11(7-10(13)8-12)18(15,16)14-3-5-17-6-4-14/h7,9H,2-6,8,12H2,1H3. The zero-order valence-electron chi connectivity index (χ0n) is 10.5. The average Bonchev–Trinajstić information content (AvgIpc) is 2.83. The molecule has 0 spiro atoms. The van der Waals surface area contributed by atoms with Gasteiger partial charge in [0.15, 0.2) is 0 Å². The molecule has 0 atom stereocenters. The highest BCUT2D eigenvalue weighted by Crippen LogP contribution is 2.20. The van der Waals surface area contributed by atoms with Crippen molar-refractivity contribution in [2.75, 3.05) is 26.3 Å². The van der Waals surface area contributed by atoms with Gasteiger partial charge in [0.25, 0.3) is 0 Å². The maximum absolute atomic E-state index is 12.4. The Morgan fingerprint density at radius 1 is 1.39 bits per heavy atom. The van der Waals surface area contributed by atoms with E-state index in [2.05, 4.69) is 0 Å². The number of aromatic nitrogens is 1. The molecule has 0 bridgehead atoms. The number of ether oxygens (including phenoxy) is 1. The molecule has 0 radical (unpaired) electrons. The van der Waals surface area contributed by atoms with Crippen LogP contribution in [0.15, 0.2) is 17.2 Å². The van der Waals surface area contributed by atoms with Gasteiger partial charge in [0.05, 0.1) is 13.2 Å². The van der Waals surface area contributed by atoms with Gasteiger partial charge in [-0.3, -0.25) is 0 Å². The minimum Gasteiger partial charge on any atom is -0.379 e. The molecule has 0 aromatic carbocycles. The van der Waals surface area contributed by atoms with Crippen molar-refractivity contribution in [3.05, 3.63) is 18.0 Å². The number of hydrogen-bond donors (Lipinski definition) is 1. The van der Waals surface area contributed by atoms with Gasteiger partial charge < -0.3 is 15.0 Å². The Kier molecular flexibility index (Phi) is 4.06. The highest BCUT2D eigenvalue weighted by atomic mass is 32.2. The number of nitrogens with two attached hydrogens (primary N) is 1. The average molecular weight is 273 g/mol. The molecule has 102 valence electrons. The Hall–Kier alpha value is -0.890. The summed E-state index contributed by atoms with van der Waals surface area (Å²) < 4.78 is 33.3. The van der Waals surface area contributed by atoms with E-state index in [1.165, 1.54) is 4.31 Å². The molecule has 1 fully saturated rings. The van der Waals surface area contributed by atoms with E-state index >= 15 is 0 Å². The molecule has 1 aromatic rings. The van der Waals surface area contributed by atoms with Crippen molar-refractivity contribution in [3.8, 4) is 0 Å². The first kappa shape index (κ1) is 13.5. The van der Waals surface area contributed by atoms with Gasteiger partial charge in [-0.15, -0.1) is 0 Å². The van der Waals surface area contributed by atoms with E-state index in [0.29, 0.717) is 44.3 Å². The fraction of sp³-hybridized carbons (Fsp3) is 0.636. The molecule has 0 unspecified atom stereocenters. The quantitative estimate of drug-likeness (QED) is 0.837.